The molecule has 6 nitrogen and oxygen atoms in total. The van der Waals surface area contributed by atoms with Crippen LogP contribution in [0.4, 0.5) is 0 Å². The SMILES string of the molecule is CN=C(NCCCC1CCCC1)NCc1ccccc1CS(=O)(=O)NC(C)C.I. The van der Waals surface area contributed by atoms with Gasteiger partial charge < -0.3 is 10.6 Å². The van der Waals surface area contributed by atoms with Gasteiger partial charge in [-0.25, -0.2) is 13.1 Å². The van der Waals surface area contributed by atoms with Crippen molar-refractivity contribution < 1.29 is 8.42 Å². The number of guanidine groups is 1. The lowest BCUT2D eigenvalue weighted by molar-refractivity contribution is 0.481. The minimum Gasteiger partial charge on any atom is -0.356 e. The largest absolute Gasteiger partial charge is 0.356 e. The second-order valence-corrected chi connectivity index (χ2v) is 9.70. The Morgan fingerprint density at radius 3 is 2.41 bits per heavy atom. The van der Waals surface area contributed by atoms with E-state index in [9.17, 15) is 8.42 Å². The molecule has 8 heteroatoms. The predicted octanol–water partition coefficient (Wildman–Crippen LogP) is 3.77. The Morgan fingerprint density at radius 1 is 1.14 bits per heavy atom. The first kappa shape index (κ1) is 26.2. The summed E-state index contributed by atoms with van der Waals surface area (Å²) in [6.45, 7) is 5.10. The monoisotopic (exact) mass is 536 g/mol. The van der Waals surface area contributed by atoms with Gasteiger partial charge in [-0.2, -0.15) is 0 Å². The molecule has 1 saturated carbocycles. The quantitative estimate of drug-likeness (QED) is 0.184. The maximum absolute atomic E-state index is 12.3. The van der Waals surface area contributed by atoms with Crippen LogP contribution >= 0.6 is 24.0 Å². The molecule has 0 bridgehead atoms. The van der Waals surface area contributed by atoms with E-state index in [-0.39, 0.29) is 35.8 Å². The molecule has 0 amide bonds. The summed E-state index contributed by atoms with van der Waals surface area (Å²) in [4.78, 5) is 4.28. The highest BCUT2D eigenvalue weighted by Crippen LogP contribution is 2.28. The fraction of sp³-hybridized carbons (Fsp3) is 0.667. The molecule has 0 saturated heterocycles. The smallest absolute Gasteiger partial charge is 0.216 e. The zero-order chi connectivity index (χ0) is 20.4. The van der Waals surface area contributed by atoms with Crippen LogP contribution in [0.2, 0.25) is 0 Å². The van der Waals surface area contributed by atoms with Crippen LogP contribution in [0.25, 0.3) is 0 Å². The van der Waals surface area contributed by atoms with E-state index in [2.05, 4.69) is 20.3 Å². The van der Waals surface area contributed by atoms with Gasteiger partial charge in [0.25, 0.3) is 0 Å². The molecule has 1 aromatic rings. The van der Waals surface area contributed by atoms with Gasteiger partial charge in [-0.3, -0.25) is 4.99 Å². The Balaban J connectivity index is 0.00000420. The maximum atomic E-state index is 12.3. The predicted molar refractivity (Wildman–Crippen MR) is 132 cm³/mol. The van der Waals surface area contributed by atoms with Crippen LogP contribution < -0.4 is 15.4 Å². The molecule has 0 heterocycles. The van der Waals surface area contributed by atoms with Gasteiger partial charge in [0.15, 0.2) is 5.96 Å². The summed E-state index contributed by atoms with van der Waals surface area (Å²) in [6, 6.07) is 7.53. The van der Waals surface area contributed by atoms with Gasteiger partial charge in [0.05, 0.1) is 5.75 Å². The summed E-state index contributed by atoms with van der Waals surface area (Å²) in [5.74, 6) is 1.64. The van der Waals surface area contributed by atoms with Crippen molar-refractivity contribution in [2.45, 2.75) is 70.7 Å². The fourth-order valence-electron chi connectivity index (χ4n) is 3.77. The normalized spacial score (nSPS) is 15.4. The standard InChI is InChI=1S/C21H36N4O2S.HI/c1-17(2)25-28(26,27)16-20-13-7-6-12-19(20)15-24-21(22-3)23-14-8-11-18-9-4-5-10-18;/h6-7,12-13,17-18,25H,4-5,8-11,14-16H2,1-3H3,(H2,22,23,24);1H. The van der Waals surface area contributed by atoms with Crippen molar-refractivity contribution in [3.05, 3.63) is 35.4 Å². The van der Waals surface area contributed by atoms with Gasteiger partial charge in [-0.1, -0.05) is 49.9 Å². The van der Waals surface area contributed by atoms with Crippen molar-refractivity contribution in [2.75, 3.05) is 13.6 Å². The van der Waals surface area contributed by atoms with Crippen molar-refractivity contribution in [3.8, 4) is 0 Å². The molecule has 3 N–H and O–H groups in total. The third-order valence-electron chi connectivity index (χ3n) is 5.11. The topological polar surface area (TPSA) is 82.6 Å². The Bertz CT molecular complexity index is 732. The molecule has 0 unspecified atom stereocenters. The number of nitrogens with zero attached hydrogens (tertiary/aromatic N) is 1. The average Bonchev–Trinajstić information content (AvgIpc) is 3.14. The number of sulfonamides is 1. The average molecular weight is 537 g/mol. The van der Waals surface area contributed by atoms with Crippen molar-refractivity contribution in [2.24, 2.45) is 10.9 Å². The van der Waals surface area contributed by atoms with E-state index < -0.39 is 10.0 Å². The highest BCUT2D eigenvalue weighted by Gasteiger charge is 2.16. The van der Waals surface area contributed by atoms with Crippen LogP contribution in [0.1, 0.15) is 63.5 Å². The molecule has 0 spiro atoms. The summed E-state index contributed by atoms with van der Waals surface area (Å²) in [5.41, 5.74) is 1.77. The highest BCUT2D eigenvalue weighted by molar-refractivity contribution is 14.0. The number of hydrogen-bond donors (Lipinski definition) is 3. The summed E-state index contributed by atoms with van der Waals surface area (Å²) >= 11 is 0. The number of hydrogen-bond acceptors (Lipinski definition) is 3. The van der Waals surface area contributed by atoms with E-state index in [1.165, 1.54) is 32.1 Å². The summed E-state index contributed by atoms with van der Waals surface area (Å²) in [5, 5.41) is 6.67. The van der Waals surface area contributed by atoms with Crippen molar-refractivity contribution in [1.82, 2.24) is 15.4 Å². The molecule has 29 heavy (non-hydrogen) atoms. The molecule has 1 aliphatic rings. The molecule has 1 aliphatic carbocycles. The van der Waals surface area contributed by atoms with Crippen molar-refractivity contribution in [3.63, 3.8) is 0 Å². The molecule has 0 radical (unpaired) electrons. The first-order valence-corrected chi connectivity index (χ1v) is 12.1. The highest BCUT2D eigenvalue weighted by atomic mass is 127. The molecular weight excluding hydrogens is 499 g/mol. The van der Waals surface area contributed by atoms with E-state index in [4.69, 9.17) is 0 Å². The van der Waals surface area contributed by atoms with E-state index in [0.29, 0.717) is 6.54 Å². The first-order chi connectivity index (χ1) is 13.4. The van der Waals surface area contributed by atoms with Crippen LogP contribution in [0.3, 0.4) is 0 Å². The van der Waals surface area contributed by atoms with Crippen LogP contribution in [0, 0.1) is 5.92 Å². The Kier molecular flexibility index (Phi) is 12.1. The fourth-order valence-corrected chi connectivity index (χ4v) is 5.27. The number of halogens is 1. The lowest BCUT2D eigenvalue weighted by Crippen LogP contribution is -2.37. The van der Waals surface area contributed by atoms with Gasteiger partial charge in [0.2, 0.25) is 10.0 Å². The van der Waals surface area contributed by atoms with Gasteiger partial charge >= 0.3 is 0 Å². The van der Waals surface area contributed by atoms with Gasteiger partial charge in [0.1, 0.15) is 0 Å². The molecule has 166 valence electrons. The molecule has 0 aliphatic heterocycles. The number of rotatable bonds is 10. The summed E-state index contributed by atoms with van der Waals surface area (Å²) < 4.78 is 27.2. The Hall–Kier alpha value is -0.870. The summed E-state index contributed by atoms with van der Waals surface area (Å²) in [7, 11) is -1.59. The molecule has 2 rings (SSSR count). The number of benzene rings is 1. The molecule has 0 aromatic heterocycles. The minimum atomic E-state index is -3.35. The number of nitrogens with one attached hydrogen (secondary N) is 3. The molecule has 1 aromatic carbocycles. The van der Waals surface area contributed by atoms with Crippen LogP contribution in [-0.2, 0) is 22.3 Å². The molecular formula is C21H37IN4O2S. The number of aliphatic imine (C=N–C) groups is 1. The van der Waals surface area contributed by atoms with Crippen molar-refractivity contribution >= 4 is 40.0 Å². The zero-order valence-electron chi connectivity index (χ0n) is 17.9. The summed E-state index contributed by atoms with van der Waals surface area (Å²) in [6.07, 6.45) is 8.00. The van der Waals surface area contributed by atoms with Gasteiger partial charge in [-0.05, 0) is 43.7 Å². The molecule has 1 fully saturated rings. The maximum Gasteiger partial charge on any atom is 0.216 e. The zero-order valence-corrected chi connectivity index (χ0v) is 21.1. The van der Waals surface area contributed by atoms with Crippen LogP contribution in [0.15, 0.2) is 29.3 Å². The van der Waals surface area contributed by atoms with E-state index in [1.807, 2.05) is 38.1 Å². The van der Waals surface area contributed by atoms with E-state index in [0.717, 1.165) is 36.0 Å². The van der Waals surface area contributed by atoms with Crippen molar-refractivity contribution in [1.29, 1.82) is 0 Å². The first-order valence-electron chi connectivity index (χ1n) is 10.4. The van der Waals surface area contributed by atoms with Crippen LogP contribution in [0.5, 0.6) is 0 Å². The lowest BCUT2D eigenvalue weighted by Gasteiger charge is -2.16. The van der Waals surface area contributed by atoms with Crippen LogP contribution in [-0.4, -0.2) is 34.0 Å². The second-order valence-electron chi connectivity index (χ2n) is 7.95. The Morgan fingerprint density at radius 2 is 1.79 bits per heavy atom. The van der Waals surface area contributed by atoms with E-state index >= 15 is 0 Å². The van der Waals surface area contributed by atoms with Gasteiger partial charge in [-0.15, -0.1) is 24.0 Å². The van der Waals surface area contributed by atoms with E-state index in [1.54, 1.807) is 7.05 Å². The second kappa shape index (κ2) is 13.4. The van der Waals surface area contributed by atoms with Gasteiger partial charge in [0, 0.05) is 26.2 Å². The lowest BCUT2D eigenvalue weighted by atomic mass is 10.0. The Labute approximate surface area is 193 Å². The third kappa shape index (κ3) is 10.1. The minimum absolute atomic E-state index is 0. The third-order valence-corrected chi connectivity index (χ3v) is 6.63. The molecule has 0 atom stereocenters.